The summed E-state index contributed by atoms with van der Waals surface area (Å²) in [5.74, 6) is 0.739. The molecule has 0 aromatic heterocycles. The molecule has 29 heavy (non-hydrogen) atoms. The Bertz CT molecular complexity index is 821. The number of benzene rings is 2. The molecule has 2 rings (SSSR count). The van der Waals surface area contributed by atoms with Crippen molar-refractivity contribution >= 4 is 29.3 Å². The quantitative estimate of drug-likeness (QED) is 0.563. The first-order valence-electron chi connectivity index (χ1n) is 9.91. The number of anilines is 1. The van der Waals surface area contributed by atoms with Crippen molar-refractivity contribution in [3.05, 3.63) is 59.1 Å². The van der Waals surface area contributed by atoms with Crippen molar-refractivity contribution < 1.29 is 14.3 Å². The first-order valence-corrected chi connectivity index (χ1v) is 10.3. The molecule has 2 amide bonds. The zero-order valence-electron chi connectivity index (χ0n) is 17.4. The lowest BCUT2D eigenvalue weighted by atomic mass is 10.0. The van der Waals surface area contributed by atoms with Crippen molar-refractivity contribution in [1.29, 1.82) is 0 Å². The molecule has 5 nitrogen and oxygen atoms in total. The van der Waals surface area contributed by atoms with Crippen LogP contribution in [0.25, 0.3) is 0 Å². The molecule has 0 bridgehead atoms. The van der Waals surface area contributed by atoms with Crippen molar-refractivity contribution in [3.63, 3.8) is 0 Å². The molecule has 6 heteroatoms. The van der Waals surface area contributed by atoms with Gasteiger partial charge in [0.1, 0.15) is 5.75 Å². The van der Waals surface area contributed by atoms with Gasteiger partial charge in [0.25, 0.3) is 0 Å². The molecule has 0 aliphatic rings. The topological polar surface area (TPSA) is 58.6 Å². The fraction of sp³-hybridized carbons (Fsp3) is 0.391. The molecular formula is C23H29ClN2O3. The zero-order valence-corrected chi connectivity index (χ0v) is 18.2. The van der Waals surface area contributed by atoms with Crippen LogP contribution >= 0.6 is 11.6 Å². The molecular weight excluding hydrogens is 388 g/mol. The Labute approximate surface area is 178 Å². The number of rotatable bonds is 8. The fourth-order valence-electron chi connectivity index (χ4n) is 3.04. The lowest BCUT2D eigenvalue weighted by Crippen LogP contribution is -2.40. The average Bonchev–Trinajstić information content (AvgIpc) is 2.66. The van der Waals surface area contributed by atoms with E-state index in [2.05, 4.69) is 19.2 Å². The second-order valence-electron chi connectivity index (χ2n) is 7.53. The molecule has 0 saturated heterocycles. The summed E-state index contributed by atoms with van der Waals surface area (Å²) in [5, 5.41) is 3.43. The second kappa shape index (κ2) is 10.9. The van der Waals surface area contributed by atoms with Gasteiger partial charge in [0, 0.05) is 35.8 Å². The molecule has 156 valence electrons. The second-order valence-corrected chi connectivity index (χ2v) is 7.97. The summed E-state index contributed by atoms with van der Waals surface area (Å²) in [6.45, 7) is 8.49. The standard InChI is InChI=1S/C23H29ClN2O3/c1-5-22(27)25-20-7-6-8-21(14-20)29-23(28)26(17(4)13-16(2)3)15-18-9-11-19(24)12-10-18/h6-12,14,16-17H,5,13,15H2,1-4H3,(H,25,27). The number of hydrogen-bond donors (Lipinski definition) is 1. The minimum Gasteiger partial charge on any atom is -0.410 e. The molecule has 0 radical (unpaired) electrons. The Kier molecular flexibility index (Phi) is 8.52. The lowest BCUT2D eigenvalue weighted by Gasteiger charge is -2.29. The Hall–Kier alpha value is -2.53. The Morgan fingerprint density at radius 1 is 1.10 bits per heavy atom. The zero-order chi connectivity index (χ0) is 21.4. The van der Waals surface area contributed by atoms with Crippen LogP contribution in [0.4, 0.5) is 10.5 Å². The molecule has 0 aliphatic heterocycles. The van der Waals surface area contributed by atoms with E-state index in [1.807, 2.05) is 31.2 Å². The van der Waals surface area contributed by atoms with Gasteiger partial charge in [0.15, 0.2) is 0 Å². The number of carbonyl (C=O) groups excluding carboxylic acids is 2. The Balaban J connectivity index is 2.16. The maximum Gasteiger partial charge on any atom is 0.415 e. The summed E-state index contributed by atoms with van der Waals surface area (Å²) < 4.78 is 5.64. The molecule has 0 spiro atoms. The van der Waals surface area contributed by atoms with Crippen LogP contribution in [0.3, 0.4) is 0 Å². The summed E-state index contributed by atoms with van der Waals surface area (Å²) in [7, 11) is 0. The minimum atomic E-state index is -0.424. The SMILES string of the molecule is CCC(=O)Nc1cccc(OC(=O)N(Cc2ccc(Cl)cc2)C(C)CC(C)C)c1. The van der Waals surface area contributed by atoms with E-state index in [0.717, 1.165) is 12.0 Å². The average molecular weight is 417 g/mol. The van der Waals surface area contributed by atoms with Gasteiger partial charge in [-0.1, -0.05) is 50.6 Å². The van der Waals surface area contributed by atoms with Gasteiger partial charge in [0.05, 0.1) is 0 Å². The number of halogens is 1. The van der Waals surface area contributed by atoms with Crippen molar-refractivity contribution in [2.24, 2.45) is 5.92 Å². The smallest absolute Gasteiger partial charge is 0.410 e. The Morgan fingerprint density at radius 3 is 2.41 bits per heavy atom. The van der Waals surface area contributed by atoms with Crippen LogP contribution in [-0.4, -0.2) is 22.9 Å². The molecule has 0 heterocycles. The van der Waals surface area contributed by atoms with Crippen LogP contribution in [-0.2, 0) is 11.3 Å². The van der Waals surface area contributed by atoms with Crippen molar-refractivity contribution in [2.45, 2.75) is 53.1 Å². The molecule has 0 fully saturated rings. The van der Waals surface area contributed by atoms with E-state index in [0.29, 0.717) is 35.3 Å². The predicted molar refractivity (Wildman–Crippen MR) is 117 cm³/mol. The lowest BCUT2D eigenvalue weighted by molar-refractivity contribution is -0.115. The van der Waals surface area contributed by atoms with Crippen LogP contribution in [0.5, 0.6) is 5.75 Å². The number of carbonyl (C=O) groups is 2. The van der Waals surface area contributed by atoms with Crippen molar-refractivity contribution in [3.8, 4) is 5.75 Å². The Morgan fingerprint density at radius 2 is 1.79 bits per heavy atom. The maximum absolute atomic E-state index is 13.0. The van der Waals surface area contributed by atoms with Crippen molar-refractivity contribution in [1.82, 2.24) is 4.90 Å². The first kappa shape index (κ1) is 22.8. The van der Waals surface area contributed by atoms with E-state index in [4.69, 9.17) is 16.3 Å². The molecule has 2 aromatic rings. The van der Waals surface area contributed by atoms with E-state index >= 15 is 0 Å². The van der Waals surface area contributed by atoms with Gasteiger partial charge in [-0.3, -0.25) is 4.79 Å². The van der Waals surface area contributed by atoms with E-state index in [9.17, 15) is 9.59 Å². The summed E-state index contributed by atoms with van der Waals surface area (Å²) in [5.41, 5.74) is 1.58. The summed E-state index contributed by atoms with van der Waals surface area (Å²) in [6.07, 6.45) is 0.813. The normalized spacial score (nSPS) is 11.8. The van der Waals surface area contributed by atoms with Gasteiger partial charge in [-0.25, -0.2) is 4.79 Å². The van der Waals surface area contributed by atoms with E-state index < -0.39 is 6.09 Å². The van der Waals surface area contributed by atoms with Crippen LogP contribution in [0, 0.1) is 5.92 Å². The van der Waals surface area contributed by atoms with Gasteiger partial charge in [0.2, 0.25) is 5.91 Å². The third-order valence-electron chi connectivity index (χ3n) is 4.49. The summed E-state index contributed by atoms with van der Waals surface area (Å²) in [6, 6.07) is 14.3. The van der Waals surface area contributed by atoms with Gasteiger partial charge in [-0.05, 0) is 49.1 Å². The van der Waals surface area contributed by atoms with Gasteiger partial charge in [-0.2, -0.15) is 0 Å². The predicted octanol–water partition coefficient (Wildman–Crippen LogP) is 6.12. The minimum absolute atomic E-state index is 0.00107. The highest BCUT2D eigenvalue weighted by atomic mass is 35.5. The monoisotopic (exact) mass is 416 g/mol. The van der Waals surface area contributed by atoms with E-state index in [-0.39, 0.29) is 11.9 Å². The number of hydrogen-bond acceptors (Lipinski definition) is 3. The summed E-state index contributed by atoms with van der Waals surface area (Å²) >= 11 is 5.98. The van der Waals surface area contributed by atoms with Gasteiger partial charge in [-0.15, -0.1) is 0 Å². The summed E-state index contributed by atoms with van der Waals surface area (Å²) in [4.78, 5) is 26.3. The van der Waals surface area contributed by atoms with Crippen LogP contribution in [0.15, 0.2) is 48.5 Å². The number of nitrogens with zero attached hydrogens (tertiary/aromatic N) is 1. The van der Waals surface area contributed by atoms with Crippen LogP contribution in [0.1, 0.15) is 46.1 Å². The molecule has 1 N–H and O–H groups in total. The highest BCUT2D eigenvalue weighted by molar-refractivity contribution is 6.30. The largest absolute Gasteiger partial charge is 0.415 e. The molecule has 0 aliphatic carbocycles. The van der Waals surface area contributed by atoms with Gasteiger partial charge < -0.3 is 15.0 Å². The van der Waals surface area contributed by atoms with E-state index in [1.54, 1.807) is 36.1 Å². The number of amides is 2. The molecule has 0 saturated carbocycles. The van der Waals surface area contributed by atoms with E-state index in [1.165, 1.54) is 0 Å². The number of nitrogens with one attached hydrogen (secondary N) is 1. The van der Waals surface area contributed by atoms with Crippen LogP contribution < -0.4 is 10.1 Å². The maximum atomic E-state index is 13.0. The molecule has 2 aromatic carbocycles. The van der Waals surface area contributed by atoms with Gasteiger partial charge >= 0.3 is 6.09 Å². The molecule has 1 atom stereocenters. The highest BCUT2D eigenvalue weighted by Gasteiger charge is 2.23. The van der Waals surface area contributed by atoms with Crippen LogP contribution in [0.2, 0.25) is 5.02 Å². The first-order chi connectivity index (χ1) is 13.8. The third kappa shape index (κ3) is 7.42. The fourth-order valence-corrected chi connectivity index (χ4v) is 3.17. The highest BCUT2D eigenvalue weighted by Crippen LogP contribution is 2.22. The van der Waals surface area contributed by atoms with Crippen molar-refractivity contribution in [2.75, 3.05) is 5.32 Å². The molecule has 1 unspecified atom stereocenters. The third-order valence-corrected chi connectivity index (χ3v) is 4.74. The number of ether oxygens (including phenoxy) is 1.